The first-order chi connectivity index (χ1) is 9.51. The number of rotatable bonds is 8. The van der Waals surface area contributed by atoms with Gasteiger partial charge in [0.2, 0.25) is 0 Å². The molecule has 0 spiro atoms. The highest BCUT2D eigenvalue weighted by Gasteiger charge is 2.18. The highest BCUT2D eigenvalue weighted by Crippen LogP contribution is 2.31. The first kappa shape index (κ1) is 16.9. The van der Waals surface area contributed by atoms with Gasteiger partial charge in [0.05, 0.1) is 9.40 Å². The molecule has 6 heteroatoms. The number of nitrogens with zero attached hydrogens (tertiary/aromatic N) is 2. The highest BCUT2D eigenvalue weighted by molar-refractivity contribution is 9.10. The van der Waals surface area contributed by atoms with Gasteiger partial charge in [-0.1, -0.05) is 33.1 Å². The predicted molar refractivity (Wildman–Crippen MR) is 85.2 cm³/mol. The van der Waals surface area contributed by atoms with Crippen molar-refractivity contribution in [2.45, 2.75) is 58.9 Å². The maximum atomic E-state index is 10.9. The molecule has 0 aromatic carbocycles. The Morgan fingerprint density at radius 3 is 2.65 bits per heavy atom. The van der Waals surface area contributed by atoms with Gasteiger partial charge < -0.3 is 5.32 Å². The van der Waals surface area contributed by atoms with Crippen molar-refractivity contribution in [3.05, 3.63) is 26.3 Å². The van der Waals surface area contributed by atoms with Gasteiger partial charge in [0.1, 0.15) is 12.0 Å². The van der Waals surface area contributed by atoms with Gasteiger partial charge in [-0.25, -0.2) is 4.98 Å². The molecule has 5 nitrogen and oxygen atoms in total. The van der Waals surface area contributed by atoms with E-state index in [0.29, 0.717) is 21.9 Å². The lowest BCUT2D eigenvalue weighted by atomic mass is 10.1. The molecule has 1 unspecified atom stereocenters. The SMILES string of the molecule is CCCCC(CCC)Nc1ncc([N+](=O)[O-])c(C)c1Br. The van der Waals surface area contributed by atoms with Gasteiger partial charge in [0.25, 0.3) is 5.69 Å². The molecule has 0 aliphatic rings. The molecule has 20 heavy (non-hydrogen) atoms. The van der Waals surface area contributed by atoms with Crippen LogP contribution in [0.15, 0.2) is 10.7 Å². The van der Waals surface area contributed by atoms with E-state index in [0.717, 1.165) is 25.7 Å². The van der Waals surface area contributed by atoms with Crippen molar-refractivity contribution in [3.63, 3.8) is 0 Å². The van der Waals surface area contributed by atoms with Crippen LogP contribution in [0.2, 0.25) is 0 Å². The molecule has 1 aromatic heterocycles. The second kappa shape index (κ2) is 8.19. The molecular weight excluding hydrogens is 322 g/mol. The highest BCUT2D eigenvalue weighted by atomic mass is 79.9. The van der Waals surface area contributed by atoms with Crippen molar-refractivity contribution >= 4 is 27.4 Å². The molecule has 0 aliphatic carbocycles. The maximum Gasteiger partial charge on any atom is 0.291 e. The van der Waals surface area contributed by atoms with Crippen molar-refractivity contribution < 1.29 is 4.92 Å². The van der Waals surface area contributed by atoms with Crippen LogP contribution in [-0.4, -0.2) is 15.9 Å². The lowest BCUT2D eigenvalue weighted by Crippen LogP contribution is -2.20. The fourth-order valence-corrected chi connectivity index (χ4v) is 2.55. The standard InChI is InChI=1S/C14H22BrN3O2/c1-4-6-8-11(7-5-2)17-14-13(15)10(3)12(9-16-14)18(19)20/h9,11H,4-8H2,1-3H3,(H,16,17). The van der Waals surface area contributed by atoms with E-state index in [9.17, 15) is 10.1 Å². The minimum absolute atomic E-state index is 0.0445. The largest absolute Gasteiger partial charge is 0.366 e. The summed E-state index contributed by atoms with van der Waals surface area (Å²) in [6, 6.07) is 0.365. The summed E-state index contributed by atoms with van der Waals surface area (Å²) in [6.45, 7) is 6.06. The number of anilines is 1. The molecule has 0 aliphatic heterocycles. The minimum atomic E-state index is -0.405. The molecule has 0 amide bonds. The number of nitrogens with one attached hydrogen (secondary N) is 1. The van der Waals surface area contributed by atoms with Crippen LogP contribution in [0.1, 0.15) is 51.5 Å². The van der Waals surface area contributed by atoms with Gasteiger partial charge >= 0.3 is 0 Å². The van der Waals surface area contributed by atoms with E-state index in [2.05, 4.69) is 40.1 Å². The average Bonchev–Trinajstić information content (AvgIpc) is 2.41. The molecule has 0 radical (unpaired) electrons. The van der Waals surface area contributed by atoms with E-state index in [4.69, 9.17) is 0 Å². The van der Waals surface area contributed by atoms with E-state index in [-0.39, 0.29) is 5.69 Å². The number of pyridine rings is 1. The molecule has 0 fully saturated rings. The van der Waals surface area contributed by atoms with Crippen molar-refractivity contribution in [2.75, 3.05) is 5.32 Å². The van der Waals surface area contributed by atoms with Crippen LogP contribution in [-0.2, 0) is 0 Å². The molecule has 0 bridgehead atoms. The van der Waals surface area contributed by atoms with Gasteiger partial charge in [-0.3, -0.25) is 10.1 Å². The van der Waals surface area contributed by atoms with E-state index in [1.807, 2.05) is 0 Å². The third-order valence-corrected chi connectivity index (χ3v) is 4.29. The fraction of sp³-hybridized carbons (Fsp3) is 0.643. The Morgan fingerprint density at radius 1 is 1.40 bits per heavy atom. The first-order valence-corrected chi connectivity index (χ1v) is 7.86. The summed E-state index contributed by atoms with van der Waals surface area (Å²) < 4.78 is 0.685. The van der Waals surface area contributed by atoms with Gasteiger partial charge in [0, 0.05) is 11.6 Å². The normalized spacial score (nSPS) is 12.2. The van der Waals surface area contributed by atoms with Gasteiger partial charge in [0.15, 0.2) is 0 Å². The van der Waals surface area contributed by atoms with Crippen LogP contribution in [0, 0.1) is 17.0 Å². The number of nitro groups is 1. The molecule has 1 N–H and O–H groups in total. The maximum absolute atomic E-state index is 10.9. The number of hydrogen-bond acceptors (Lipinski definition) is 4. The monoisotopic (exact) mass is 343 g/mol. The predicted octanol–water partition coefficient (Wildman–Crippen LogP) is 4.83. The fourth-order valence-electron chi connectivity index (χ4n) is 2.13. The van der Waals surface area contributed by atoms with Crippen LogP contribution < -0.4 is 5.32 Å². The Labute approximate surface area is 128 Å². The second-order valence-corrected chi connectivity index (χ2v) is 5.75. The van der Waals surface area contributed by atoms with E-state index in [1.165, 1.54) is 12.6 Å². The zero-order chi connectivity index (χ0) is 15.1. The summed E-state index contributed by atoms with van der Waals surface area (Å²) in [6.07, 6.45) is 6.92. The molecule has 0 saturated heterocycles. The van der Waals surface area contributed by atoms with Crippen LogP contribution in [0.25, 0.3) is 0 Å². The third kappa shape index (κ3) is 4.44. The Balaban J connectivity index is 2.90. The number of halogens is 1. The molecule has 112 valence electrons. The Bertz CT molecular complexity index is 466. The number of unbranched alkanes of at least 4 members (excludes halogenated alkanes) is 1. The summed E-state index contributed by atoms with van der Waals surface area (Å²) in [5.41, 5.74) is 0.654. The number of hydrogen-bond donors (Lipinski definition) is 1. The molecule has 1 heterocycles. The Kier molecular flexibility index (Phi) is 6.91. The number of aromatic nitrogens is 1. The first-order valence-electron chi connectivity index (χ1n) is 7.07. The Hall–Kier alpha value is -1.17. The van der Waals surface area contributed by atoms with Crippen LogP contribution >= 0.6 is 15.9 Å². The van der Waals surface area contributed by atoms with Crippen molar-refractivity contribution in [1.29, 1.82) is 0 Å². The van der Waals surface area contributed by atoms with Gasteiger partial charge in [-0.15, -0.1) is 0 Å². The summed E-state index contributed by atoms with van der Waals surface area (Å²) in [5, 5.41) is 14.3. The molecular formula is C14H22BrN3O2. The van der Waals surface area contributed by atoms with Crippen LogP contribution in [0.3, 0.4) is 0 Å². The molecule has 1 rings (SSSR count). The van der Waals surface area contributed by atoms with Gasteiger partial charge in [-0.05, 0) is 35.7 Å². The minimum Gasteiger partial charge on any atom is -0.366 e. The lowest BCUT2D eigenvalue weighted by Gasteiger charge is -2.19. The van der Waals surface area contributed by atoms with Crippen molar-refractivity contribution in [3.8, 4) is 0 Å². The summed E-state index contributed by atoms with van der Waals surface area (Å²) in [4.78, 5) is 14.7. The van der Waals surface area contributed by atoms with Crippen molar-refractivity contribution in [2.24, 2.45) is 0 Å². The van der Waals surface area contributed by atoms with Gasteiger partial charge in [-0.2, -0.15) is 0 Å². The second-order valence-electron chi connectivity index (χ2n) is 4.96. The zero-order valence-corrected chi connectivity index (χ0v) is 13.9. The lowest BCUT2D eigenvalue weighted by molar-refractivity contribution is -0.385. The molecule has 1 atom stereocenters. The van der Waals surface area contributed by atoms with Crippen LogP contribution in [0.4, 0.5) is 11.5 Å². The van der Waals surface area contributed by atoms with Crippen molar-refractivity contribution in [1.82, 2.24) is 4.98 Å². The summed E-state index contributed by atoms with van der Waals surface area (Å²) in [7, 11) is 0. The topological polar surface area (TPSA) is 68.1 Å². The van der Waals surface area contributed by atoms with E-state index in [1.54, 1.807) is 6.92 Å². The molecule has 1 aromatic rings. The third-order valence-electron chi connectivity index (χ3n) is 3.32. The summed E-state index contributed by atoms with van der Waals surface area (Å²) in [5.74, 6) is 0.697. The summed E-state index contributed by atoms with van der Waals surface area (Å²) >= 11 is 3.42. The Morgan fingerprint density at radius 2 is 2.10 bits per heavy atom. The average molecular weight is 344 g/mol. The smallest absolute Gasteiger partial charge is 0.291 e. The molecule has 0 saturated carbocycles. The quantitative estimate of drug-likeness (QED) is 0.542. The van der Waals surface area contributed by atoms with E-state index < -0.39 is 4.92 Å². The zero-order valence-electron chi connectivity index (χ0n) is 12.3. The van der Waals surface area contributed by atoms with Crippen LogP contribution in [0.5, 0.6) is 0 Å². The van der Waals surface area contributed by atoms with E-state index >= 15 is 0 Å².